The molecule has 2 aromatic rings. The fourth-order valence-electron chi connectivity index (χ4n) is 3.24. The van der Waals surface area contributed by atoms with Gasteiger partial charge in [0.15, 0.2) is 0 Å². The summed E-state index contributed by atoms with van der Waals surface area (Å²) in [4.78, 5) is 39.4. The van der Waals surface area contributed by atoms with Crippen molar-refractivity contribution in [1.82, 2.24) is 15.1 Å². The van der Waals surface area contributed by atoms with E-state index in [1.165, 1.54) is 0 Å². The van der Waals surface area contributed by atoms with Crippen LogP contribution in [0.1, 0.15) is 27.6 Å². The lowest BCUT2D eigenvalue weighted by atomic mass is 10.1. The quantitative estimate of drug-likeness (QED) is 0.719. The first kappa shape index (κ1) is 21.3. The minimum absolute atomic E-state index is 0.0112. The van der Waals surface area contributed by atoms with Crippen LogP contribution in [-0.4, -0.2) is 66.8 Å². The smallest absolute Gasteiger partial charge is 0.253 e. The highest BCUT2D eigenvalue weighted by atomic mass is 16.5. The van der Waals surface area contributed by atoms with Gasteiger partial charge in [-0.05, 0) is 55.5 Å². The second-order valence-electron chi connectivity index (χ2n) is 7.04. The van der Waals surface area contributed by atoms with Gasteiger partial charge >= 0.3 is 0 Å². The molecule has 3 N–H and O–H groups in total. The highest BCUT2D eigenvalue weighted by Gasteiger charge is 2.23. The zero-order valence-corrected chi connectivity index (χ0v) is 17.0. The summed E-state index contributed by atoms with van der Waals surface area (Å²) >= 11 is 0. The molecule has 8 heteroatoms. The number of piperazine rings is 1. The molecule has 0 aliphatic carbocycles. The van der Waals surface area contributed by atoms with E-state index in [9.17, 15) is 14.4 Å². The van der Waals surface area contributed by atoms with Crippen molar-refractivity contribution in [2.24, 2.45) is 5.73 Å². The third-order valence-corrected chi connectivity index (χ3v) is 4.88. The molecule has 2 aromatic carbocycles. The lowest BCUT2D eigenvalue weighted by Gasteiger charge is -2.34. The van der Waals surface area contributed by atoms with Crippen LogP contribution in [0.25, 0.3) is 0 Å². The van der Waals surface area contributed by atoms with Crippen LogP contribution in [0.5, 0.6) is 11.5 Å². The molecule has 0 aromatic heterocycles. The number of primary amides is 1. The fourth-order valence-corrected chi connectivity index (χ4v) is 3.24. The molecule has 1 aliphatic rings. The van der Waals surface area contributed by atoms with Crippen LogP contribution < -0.4 is 15.8 Å². The van der Waals surface area contributed by atoms with Gasteiger partial charge in [0.05, 0.1) is 6.54 Å². The Kier molecular flexibility index (Phi) is 7.03. The Labute approximate surface area is 175 Å². The van der Waals surface area contributed by atoms with Gasteiger partial charge in [-0.15, -0.1) is 0 Å². The number of carbonyl (C=O) groups excluding carboxylic acids is 3. The van der Waals surface area contributed by atoms with E-state index in [1.54, 1.807) is 53.4 Å². The second kappa shape index (κ2) is 9.89. The Balaban J connectivity index is 1.53. The molecule has 3 amide bonds. The SMILES string of the molecule is CCNC(=O)CN1CCN(C(=O)c2ccc(Oc3ccc(C(N)=O)cc3)cc2)CC1. The predicted octanol–water partition coefficient (Wildman–Crippen LogP) is 1.47. The Morgan fingerprint density at radius 2 is 1.43 bits per heavy atom. The van der Waals surface area contributed by atoms with Crippen LogP contribution in [0, 0.1) is 0 Å². The number of benzene rings is 2. The van der Waals surface area contributed by atoms with Crippen molar-refractivity contribution in [3.05, 3.63) is 59.7 Å². The summed E-state index contributed by atoms with van der Waals surface area (Å²) in [7, 11) is 0. The van der Waals surface area contributed by atoms with Gasteiger partial charge < -0.3 is 20.7 Å². The fraction of sp³-hybridized carbons (Fsp3) is 0.318. The number of likely N-dealkylation sites (N-methyl/N-ethyl adjacent to an activating group) is 1. The van der Waals surface area contributed by atoms with E-state index in [2.05, 4.69) is 10.2 Å². The van der Waals surface area contributed by atoms with Gasteiger partial charge in [-0.2, -0.15) is 0 Å². The van der Waals surface area contributed by atoms with E-state index in [4.69, 9.17) is 10.5 Å². The highest BCUT2D eigenvalue weighted by molar-refractivity contribution is 5.94. The number of carbonyl (C=O) groups is 3. The standard InChI is InChI=1S/C22H26N4O4/c1-2-24-20(27)15-25-11-13-26(14-12-25)22(29)17-5-9-19(10-6-17)30-18-7-3-16(4-8-18)21(23)28/h3-10H,2,11-15H2,1H3,(H2,23,28)(H,24,27). The molecule has 0 bridgehead atoms. The third kappa shape index (κ3) is 5.57. The minimum atomic E-state index is -0.491. The van der Waals surface area contributed by atoms with Crippen molar-refractivity contribution in [2.45, 2.75) is 6.92 Å². The molecular weight excluding hydrogens is 384 g/mol. The van der Waals surface area contributed by atoms with Crippen LogP contribution >= 0.6 is 0 Å². The van der Waals surface area contributed by atoms with Crippen molar-refractivity contribution < 1.29 is 19.1 Å². The van der Waals surface area contributed by atoms with E-state index < -0.39 is 5.91 Å². The summed E-state index contributed by atoms with van der Waals surface area (Å²) in [6.07, 6.45) is 0. The van der Waals surface area contributed by atoms with Crippen molar-refractivity contribution in [3.8, 4) is 11.5 Å². The summed E-state index contributed by atoms with van der Waals surface area (Å²) in [5.74, 6) is 0.643. The number of ether oxygens (including phenoxy) is 1. The van der Waals surface area contributed by atoms with Gasteiger partial charge in [0.25, 0.3) is 5.91 Å². The maximum atomic E-state index is 12.7. The van der Waals surface area contributed by atoms with E-state index in [1.807, 2.05) is 6.92 Å². The normalized spacial score (nSPS) is 14.2. The highest BCUT2D eigenvalue weighted by Crippen LogP contribution is 2.22. The molecule has 0 spiro atoms. The van der Waals surface area contributed by atoms with Crippen molar-refractivity contribution in [3.63, 3.8) is 0 Å². The van der Waals surface area contributed by atoms with Crippen LogP contribution in [0.3, 0.4) is 0 Å². The Morgan fingerprint density at radius 3 is 1.93 bits per heavy atom. The number of rotatable bonds is 7. The lowest BCUT2D eigenvalue weighted by molar-refractivity contribution is -0.122. The van der Waals surface area contributed by atoms with Gasteiger partial charge in [-0.3, -0.25) is 19.3 Å². The zero-order valence-electron chi connectivity index (χ0n) is 17.0. The summed E-state index contributed by atoms with van der Waals surface area (Å²) in [5.41, 5.74) is 6.23. The summed E-state index contributed by atoms with van der Waals surface area (Å²) in [6.45, 7) is 5.39. The number of amides is 3. The number of nitrogens with two attached hydrogens (primary N) is 1. The first-order valence-corrected chi connectivity index (χ1v) is 9.92. The van der Waals surface area contributed by atoms with Gasteiger partial charge in [0, 0.05) is 43.9 Å². The first-order valence-electron chi connectivity index (χ1n) is 9.92. The van der Waals surface area contributed by atoms with E-state index in [0.717, 1.165) is 0 Å². The van der Waals surface area contributed by atoms with Gasteiger partial charge in [0.2, 0.25) is 11.8 Å². The molecule has 1 saturated heterocycles. The van der Waals surface area contributed by atoms with Crippen LogP contribution in [0.4, 0.5) is 0 Å². The van der Waals surface area contributed by atoms with Crippen LogP contribution in [0.15, 0.2) is 48.5 Å². The number of hydrogen-bond acceptors (Lipinski definition) is 5. The minimum Gasteiger partial charge on any atom is -0.457 e. The first-order chi connectivity index (χ1) is 14.5. The van der Waals surface area contributed by atoms with Crippen molar-refractivity contribution >= 4 is 17.7 Å². The monoisotopic (exact) mass is 410 g/mol. The molecule has 1 aliphatic heterocycles. The molecule has 1 heterocycles. The molecule has 0 saturated carbocycles. The molecule has 3 rings (SSSR count). The molecule has 1 fully saturated rings. The molecular formula is C22H26N4O4. The maximum absolute atomic E-state index is 12.7. The topological polar surface area (TPSA) is 105 Å². The second-order valence-corrected chi connectivity index (χ2v) is 7.04. The largest absolute Gasteiger partial charge is 0.457 e. The van der Waals surface area contributed by atoms with Gasteiger partial charge in [-0.25, -0.2) is 0 Å². The lowest BCUT2D eigenvalue weighted by Crippen LogP contribution is -2.51. The average Bonchev–Trinajstić information content (AvgIpc) is 2.75. The maximum Gasteiger partial charge on any atom is 0.253 e. The van der Waals surface area contributed by atoms with Crippen molar-refractivity contribution in [1.29, 1.82) is 0 Å². The predicted molar refractivity (Wildman–Crippen MR) is 113 cm³/mol. The Morgan fingerprint density at radius 1 is 0.900 bits per heavy atom. The van der Waals surface area contributed by atoms with Gasteiger partial charge in [-0.1, -0.05) is 0 Å². The summed E-state index contributed by atoms with van der Waals surface area (Å²) < 4.78 is 5.74. The average molecular weight is 410 g/mol. The van der Waals surface area contributed by atoms with Crippen LogP contribution in [-0.2, 0) is 4.79 Å². The Hall–Kier alpha value is -3.39. The number of nitrogens with zero attached hydrogens (tertiary/aromatic N) is 2. The molecule has 0 radical (unpaired) electrons. The summed E-state index contributed by atoms with van der Waals surface area (Å²) in [6, 6.07) is 13.5. The molecule has 8 nitrogen and oxygen atoms in total. The zero-order chi connectivity index (χ0) is 21.5. The van der Waals surface area contributed by atoms with Crippen molar-refractivity contribution in [2.75, 3.05) is 39.3 Å². The third-order valence-electron chi connectivity index (χ3n) is 4.88. The number of nitrogens with one attached hydrogen (secondary N) is 1. The van der Waals surface area contributed by atoms with E-state index in [-0.39, 0.29) is 11.8 Å². The molecule has 0 unspecified atom stereocenters. The molecule has 30 heavy (non-hydrogen) atoms. The molecule has 158 valence electrons. The Bertz CT molecular complexity index is 888. The van der Waals surface area contributed by atoms with E-state index in [0.29, 0.717) is 61.9 Å². The summed E-state index contributed by atoms with van der Waals surface area (Å²) in [5, 5.41) is 2.79. The number of hydrogen-bond donors (Lipinski definition) is 2. The van der Waals surface area contributed by atoms with E-state index >= 15 is 0 Å². The molecule has 0 atom stereocenters. The van der Waals surface area contributed by atoms with Crippen LogP contribution in [0.2, 0.25) is 0 Å². The van der Waals surface area contributed by atoms with Gasteiger partial charge in [0.1, 0.15) is 11.5 Å².